The summed E-state index contributed by atoms with van der Waals surface area (Å²) in [5, 5.41) is 9.38. The van der Waals surface area contributed by atoms with Crippen LogP contribution < -0.4 is 5.32 Å². The van der Waals surface area contributed by atoms with Gasteiger partial charge in [-0.1, -0.05) is 12.1 Å². The molecule has 3 heterocycles. The van der Waals surface area contributed by atoms with Crippen LogP contribution in [0, 0.1) is 0 Å². The Hall–Kier alpha value is -3.09. The number of carbonyl (C=O) groups excluding carboxylic acids is 1. The first kappa shape index (κ1) is 13.9. The first-order valence-corrected chi connectivity index (χ1v) is 6.84. The summed E-state index contributed by atoms with van der Waals surface area (Å²) >= 11 is 0. The van der Waals surface area contributed by atoms with Gasteiger partial charge in [0.25, 0.3) is 0 Å². The highest BCUT2D eigenvalue weighted by atomic mass is 16.1. The molecule has 0 bridgehead atoms. The van der Waals surface area contributed by atoms with Crippen LogP contribution in [0.5, 0.6) is 0 Å². The topological polar surface area (TPSA) is 96.5 Å². The Kier molecular flexibility index (Phi) is 4.15. The van der Waals surface area contributed by atoms with Crippen LogP contribution in [-0.4, -0.2) is 31.1 Å². The lowest BCUT2D eigenvalue weighted by Crippen LogP contribution is -2.13. The van der Waals surface area contributed by atoms with Gasteiger partial charge in [-0.25, -0.2) is 0 Å². The van der Waals surface area contributed by atoms with Crippen LogP contribution in [0.25, 0.3) is 11.5 Å². The molecule has 2 N–H and O–H groups in total. The molecule has 0 radical (unpaired) electrons. The molecule has 1 amide bonds. The SMILES string of the molecule is O=C(CCc1cccnc1)Nc1n[nH]c(-c2ccccn2)n1. The second kappa shape index (κ2) is 6.57. The van der Waals surface area contributed by atoms with Gasteiger partial charge in [0, 0.05) is 25.0 Å². The van der Waals surface area contributed by atoms with Gasteiger partial charge in [-0.2, -0.15) is 4.98 Å². The van der Waals surface area contributed by atoms with E-state index in [0.29, 0.717) is 24.4 Å². The number of pyridine rings is 2. The molecule has 0 saturated carbocycles. The van der Waals surface area contributed by atoms with E-state index in [9.17, 15) is 4.79 Å². The van der Waals surface area contributed by atoms with E-state index in [0.717, 1.165) is 5.56 Å². The predicted molar refractivity (Wildman–Crippen MR) is 80.8 cm³/mol. The highest BCUT2D eigenvalue weighted by Crippen LogP contribution is 2.12. The summed E-state index contributed by atoms with van der Waals surface area (Å²) in [6.45, 7) is 0. The van der Waals surface area contributed by atoms with E-state index in [4.69, 9.17) is 0 Å². The second-order valence-electron chi connectivity index (χ2n) is 4.63. The minimum atomic E-state index is -0.143. The number of H-pyrrole nitrogens is 1. The van der Waals surface area contributed by atoms with Gasteiger partial charge in [-0.15, -0.1) is 5.10 Å². The molecule has 0 fully saturated rings. The summed E-state index contributed by atoms with van der Waals surface area (Å²) in [5.74, 6) is 0.621. The lowest BCUT2D eigenvalue weighted by atomic mass is 10.1. The quantitative estimate of drug-likeness (QED) is 0.748. The van der Waals surface area contributed by atoms with E-state index in [-0.39, 0.29) is 11.9 Å². The molecule has 110 valence electrons. The number of aromatic nitrogens is 5. The predicted octanol–water partition coefficient (Wildman–Crippen LogP) is 1.83. The van der Waals surface area contributed by atoms with Crippen molar-refractivity contribution >= 4 is 11.9 Å². The fourth-order valence-electron chi connectivity index (χ4n) is 1.93. The lowest BCUT2D eigenvalue weighted by Gasteiger charge is -2.01. The summed E-state index contributed by atoms with van der Waals surface area (Å²) in [4.78, 5) is 24.3. The maximum absolute atomic E-state index is 11.9. The zero-order valence-electron chi connectivity index (χ0n) is 11.7. The minimum Gasteiger partial charge on any atom is -0.293 e. The molecule has 3 aromatic rings. The zero-order valence-corrected chi connectivity index (χ0v) is 11.7. The monoisotopic (exact) mass is 294 g/mol. The van der Waals surface area contributed by atoms with E-state index in [2.05, 4.69) is 30.5 Å². The Bertz CT molecular complexity index is 741. The van der Waals surface area contributed by atoms with E-state index in [1.165, 1.54) is 0 Å². The standard InChI is InChI=1S/C15H14N6O/c22-13(7-6-11-4-3-8-16-10-11)18-15-19-14(20-21-15)12-5-1-2-9-17-12/h1-5,8-10H,6-7H2,(H2,18,19,20,21,22). The number of aromatic amines is 1. The third-order valence-electron chi connectivity index (χ3n) is 3.01. The van der Waals surface area contributed by atoms with Crippen molar-refractivity contribution in [2.45, 2.75) is 12.8 Å². The number of carbonyl (C=O) groups is 1. The summed E-state index contributed by atoms with van der Waals surface area (Å²) < 4.78 is 0. The Labute approximate surface area is 126 Å². The molecule has 0 aliphatic heterocycles. The van der Waals surface area contributed by atoms with Gasteiger partial charge in [0.2, 0.25) is 11.9 Å². The normalized spacial score (nSPS) is 10.4. The van der Waals surface area contributed by atoms with Crippen molar-refractivity contribution in [1.29, 1.82) is 0 Å². The molecular formula is C15H14N6O. The van der Waals surface area contributed by atoms with Crippen molar-refractivity contribution in [3.63, 3.8) is 0 Å². The molecule has 7 nitrogen and oxygen atoms in total. The van der Waals surface area contributed by atoms with Crippen LogP contribution in [0.3, 0.4) is 0 Å². The molecule has 0 aliphatic carbocycles. The van der Waals surface area contributed by atoms with E-state index in [1.807, 2.05) is 30.3 Å². The molecule has 0 unspecified atom stereocenters. The summed E-state index contributed by atoms with van der Waals surface area (Å²) in [6, 6.07) is 9.28. The fraction of sp³-hybridized carbons (Fsp3) is 0.133. The second-order valence-corrected chi connectivity index (χ2v) is 4.63. The van der Waals surface area contributed by atoms with Gasteiger partial charge in [-0.05, 0) is 30.2 Å². The largest absolute Gasteiger partial charge is 0.293 e. The maximum atomic E-state index is 11.9. The number of amides is 1. The number of aryl methyl sites for hydroxylation is 1. The average molecular weight is 294 g/mol. The molecule has 3 aromatic heterocycles. The van der Waals surface area contributed by atoms with Gasteiger partial charge in [0.15, 0.2) is 5.82 Å². The van der Waals surface area contributed by atoms with Gasteiger partial charge >= 0.3 is 0 Å². The Balaban J connectivity index is 1.57. The van der Waals surface area contributed by atoms with Crippen LogP contribution >= 0.6 is 0 Å². The van der Waals surface area contributed by atoms with Crippen LogP contribution in [0.1, 0.15) is 12.0 Å². The lowest BCUT2D eigenvalue weighted by molar-refractivity contribution is -0.116. The number of nitrogens with zero attached hydrogens (tertiary/aromatic N) is 4. The molecule has 22 heavy (non-hydrogen) atoms. The molecule has 0 spiro atoms. The fourth-order valence-corrected chi connectivity index (χ4v) is 1.93. The van der Waals surface area contributed by atoms with Gasteiger partial charge < -0.3 is 0 Å². The highest BCUT2D eigenvalue weighted by Gasteiger charge is 2.09. The third kappa shape index (κ3) is 3.51. The van der Waals surface area contributed by atoms with E-state index in [1.54, 1.807) is 18.6 Å². The van der Waals surface area contributed by atoms with Crippen molar-refractivity contribution in [3.05, 3.63) is 54.5 Å². The summed E-state index contributed by atoms with van der Waals surface area (Å²) in [5.41, 5.74) is 1.69. The number of hydrogen-bond donors (Lipinski definition) is 2. The summed E-state index contributed by atoms with van der Waals surface area (Å²) in [6.07, 6.45) is 6.09. The van der Waals surface area contributed by atoms with Crippen LogP contribution in [0.2, 0.25) is 0 Å². The van der Waals surface area contributed by atoms with Crippen LogP contribution in [0.15, 0.2) is 48.9 Å². The number of rotatable bonds is 5. The molecule has 0 aliphatic rings. The Morgan fingerprint density at radius 2 is 2.14 bits per heavy atom. The zero-order chi connectivity index (χ0) is 15.2. The van der Waals surface area contributed by atoms with Crippen molar-refractivity contribution < 1.29 is 4.79 Å². The molecule has 7 heteroatoms. The van der Waals surface area contributed by atoms with Crippen LogP contribution in [-0.2, 0) is 11.2 Å². The molecule has 0 aromatic carbocycles. The van der Waals surface area contributed by atoms with Gasteiger partial charge in [-0.3, -0.25) is 25.2 Å². The molecular weight excluding hydrogens is 280 g/mol. The maximum Gasteiger partial charge on any atom is 0.249 e. The average Bonchev–Trinajstić information content (AvgIpc) is 3.03. The van der Waals surface area contributed by atoms with E-state index < -0.39 is 0 Å². The van der Waals surface area contributed by atoms with Crippen LogP contribution in [0.4, 0.5) is 5.95 Å². The van der Waals surface area contributed by atoms with Crippen molar-refractivity contribution in [2.24, 2.45) is 0 Å². The molecule has 0 atom stereocenters. The van der Waals surface area contributed by atoms with Gasteiger partial charge in [0.05, 0.1) is 0 Å². The third-order valence-corrected chi connectivity index (χ3v) is 3.01. The number of hydrogen-bond acceptors (Lipinski definition) is 5. The van der Waals surface area contributed by atoms with Crippen molar-refractivity contribution in [2.75, 3.05) is 5.32 Å². The van der Waals surface area contributed by atoms with E-state index >= 15 is 0 Å². The molecule has 0 saturated heterocycles. The first-order valence-electron chi connectivity index (χ1n) is 6.84. The first-order chi connectivity index (χ1) is 10.8. The minimum absolute atomic E-state index is 0.143. The van der Waals surface area contributed by atoms with Crippen molar-refractivity contribution in [3.8, 4) is 11.5 Å². The number of nitrogens with one attached hydrogen (secondary N) is 2. The van der Waals surface area contributed by atoms with Crippen molar-refractivity contribution in [1.82, 2.24) is 25.1 Å². The molecule has 3 rings (SSSR count). The Morgan fingerprint density at radius 1 is 1.18 bits per heavy atom. The van der Waals surface area contributed by atoms with Gasteiger partial charge in [0.1, 0.15) is 5.69 Å². The summed E-state index contributed by atoms with van der Waals surface area (Å²) in [7, 11) is 0. The number of anilines is 1. The highest BCUT2D eigenvalue weighted by molar-refractivity contribution is 5.89. The smallest absolute Gasteiger partial charge is 0.249 e. The Morgan fingerprint density at radius 3 is 2.91 bits per heavy atom.